The summed E-state index contributed by atoms with van der Waals surface area (Å²) in [5.41, 5.74) is 0.869. The van der Waals surface area contributed by atoms with Crippen molar-refractivity contribution in [2.45, 2.75) is 12.8 Å². The maximum Gasteiger partial charge on any atom is 0.306 e. The summed E-state index contributed by atoms with van der Waals surface area (Å²) in [5.74, 6) is -0.301. The summed E-state index contributed by atoms with van der Waals surface area (Å²) in [6.07, 6.45) is 2.57. The number of rotatable bonds is 5. The molecule has 1 aromatic heterocycles. The number of carbonyl (C=O) groups excluding carboxylic acids is 1. The predicted octanol–water partition coefficient (Wildman–Crippen LogP) is 0.550. The number of hydrogen-bond acceptors (Lipinski definition) is 4. The molecular formula is C10H13NO3. The van der Waals surface area contributed by atoms with Crippen LogP contribution in [0.3, 0.4) is 0 Å². The molecule has 4 heteroatoms. The molecule has 76 valence electrons. The van der Waals surface area contributed by atoms with Gasteiger partial charge >= 0.3 is 5.97 Å². The number of carbonyl (C=O) groups is 1. The zero-order chi connectivity index (χ0) is 10.2. The second kappa shape index (κ2) is 6.10. The van der Waals surface area contributed by atoms with Crippen molar-refractivity contribution in [1.82, 2.24) is 4.98 Å². The summed E-state index contributed by atoms with van der Waals surface area (Å²) in [6, 6.07) is 5.56. The molecular weight excluding hydrogens is 182 g/mol. The lowest BCUT2D eigenvalue weighted by atomic mass is 10.2. The van der Waals surface area contributed by atoms with Gasteiger partial charge < -0.3 is 9.84 Å². The van der Waals surface area contributed by atoms with Crippen LogP contribution >= 0.6 is 0 Å². The Hall–Kier alpha value is -1.42. The molecule has 0 aliphatic heterocycles. The highest BCUT2D eigenvalue weighted by Gasteiger charge is 2.03. The summed E-state index contributed by atoms with van der Waals surface area (Å²) in [4.78, 5) is 15.1. The molecule has 0 atom stereocenters. The van der Waals surface area contributed by atoms with Crippen molar-refractivity contribution in [2.75, 3.05) is 13.2 Å². The van der Waals surface area contributed by atoms with Gasteiger partial charge in [0.05, 0.1) is 13.0 Å². The Morgan fingerprint density at radius 2 is 2.36 bits per heavy atom. The topological polar surface area (TPSA) is 59.4 Å². The van der Waals surface area contributed by atoms with Gasteiger partial charge in [-0.2, -0.15) is 0 Å². The van der Waals surface area contributed by atoms with Crippen LogP contribution in [0.5, 0.6) is 0 Å². The molecule has 1 aromatic rings. The van der Waals surface area contributed by atoms with Crippen LogP contribution in [0.25, 0.3) is 0 Å². The standard InChI is InChI=1S/C10H13NO3/c12-7-8-14-10(13)5-4-9-3-1-2-6-11-9/h1-3,6,12H,4-5,7-8H2. The van der Waals surface area contributed by atoms with Crippen LogP contribution < -0.4 is 0 Å². The van der Waals surface area contributed by atoms with Gasteiger partial charge in [0, 0.05) is 18.3 Å². The molecule has 0 fully saturated rings. The molecule has 0 radical (unpaired) electrons. The summed E-state index contributed by atoms with van der Waals surface area (Å²) < 4.78 is 4.70. The zero-order valence-corrected chi connectivity index (χ0v) is 7.85. The Kier molecular flexibility index (Phi) is 4.64. The van der Waals surface area contributed by atoms with E-state index in [4.69, 9.17) is 9.84 Å². The first kappa shape index (κ1) is 10.7. The first-order valence-corrected chi connectivity index (χ1v) is 4.49. The minimum Gasteiger partial charge on any atom is -0.463 e. The third kappa shape index (κ3) is 4.00. The molecule has 0 saturated carbocycles. The Bertz CT molecular complexity index is 274. The smallest absolute Gasteiger partial charge is 0.306 e. The molecule has 4 nitrogen and oxygen atoms in total. The summed E-state index contributed by atoms with van der Waals surface area (Å²) in [6.45, 7) is -0.0591. The first-order valence-electron chi connectivity index (χ1n) is 4.49. The lowest BCUT2D eigenvalue weighted by molar-refractivity contribution is -0.144. The molecule has 0 saturated heterocycles. The van der Waals surface area contributed by atoms with Crippen molar-refractivity contribution < 1.29 is 14.6 Å². The quantitative estimate of drug-likeness (QED) is 0.697. The highest BCUT2D eigenvalue weighted by atomic mass is 16.5. The molecule has 0 unspecified atom stereocenters. The van der Waals surface area contributed by atoms with Crippen LogP contribution in [-0.2, 0) is 16.0 Å². The van der Waals surface area contributed by atoms with E-state index >= 15 is 0 Å². The van der Waals surface area contributed by atoms with E-state index in [2.05, 4.69) is 4.98 Å². The molecule has 0 aromatic carbocycles. The van der Waals surface area contributed by atoms with Crippen LogP contribution in [0.1, 0.15) is 12.1 Å². The predicted molar refractivity (Wildman–Crippen MR) is 50.6 cm³/mol. The van der Waals surface area contributed by atoms with Gasteiger partial charge in [-0.25, -0.2) is 0 Å². The molecule has 0 spiro atoms. The SMILES string of the molecule is O=C(CCc1ccccn1)OCCO. The van der Waals surface area contributed by atoms with Crippen LogP contribution in [-0.4, -0.2) is 29.3 Å². The molecule has 1 heterocycles. The van der Waals surface area contributed by atoms with Crippen LogP contribution in [0.4, 0.5) is 0 Å². The maximum atomic E-state index is 11.0. The van der Waals surface area contributed by atoms with Gasteiger partial charge in [0.15, 0.2) is 0 Å². The summed E-state index contributed by atoms with van der Waals surface area (Å²) in [5, 5.41) is 8.41. The number of hydrogen-bond donors (Lipinski definition) is 1. The maximum absolute atomic E-state index is 11.0. The summed E-state index contributed by atoms with van der Waals surface area (Å²) >= 11 is 0. The number of esters is 1. The van der Waals surface area contributed by atoms with E-state index in [9.17, 15) is 4.79 Å². The van der Waals surface area contributed by atoms with Crippen LogP contribution in [0.15, 0.2) is 24.4 Å². The van der Waals surface area contributed by atoms with Crippen molar-refractivity contribution >= 4 is 5.97 Å². The van der Waals surface area contributed by atoms with Gasteiger partial charge in [0.2, 0.25) is 0 Å². The molecule has 0 bridgehead atoms. The molecule has 1 rings (SSSR count). The monoisotopic (exact) mass is 195 g/mol. The Morgan fingerprint density at radius 1 is 1.50 bits per heavy atom. The number of pyridine rings is 1. The van der Waals surface area contributed by atoms with Gasteiger partial charge in [0.25, 0.3) is 0 Å². The first-order chi connectivity index (χ1) is 6.83. The van der Waals surface area contributed by atoms with Gasteiger partial charge in [-0.05, 0) is 12.1 Å². The van der Waals surface area contributed by atoms with E-state index in [0.717, 1.165) is 5.69 Å². The zero-order valence-electron chi connectivity index (χ0n) is 7.85. The Labute approximate surface area is 82.5 Å². The molecule has 14 heavy (non-hydrogen) atoms. The van der Waals surface area contributed by atoms with Crippen molar-refractivity contribution in [3.05, 3.63) is 30.1 Å². The van der Waals surface area contributed by atoms with Crippen molar-refractivity contribution in [2.24, 2.45) is 0 Å². The molecule has 1 N–H and O–H groups in total. The van der Waals surface area contributed by atoms with Crippen LogP contribution in [0, 0.1) is 0 Å². The fourth-order valence-corrected chi connectivity index (χ4v) is 1.01. The highest BCUT2D eigenvalue weighted by molar-refractivity contribution is 5.69. The Morgan fingerprint density at radius 3 is 3.00 bits per heavy atom. The minimum atomic E-state index is -0.301. The largest absolute Gasteiger partial charge is 0.463 e. The van der Waals surface area contributed by atoms with E-state index in [-0.39, 0.29) is 19.2 Å². The van der Waals surface area contributed by atoms with E-state index in [0.29, 0.717) is 12.8 Å². The van der Waals surface area contributed by atoms with Crippen molar-refractivity contribution in [1.29, 1.82) is 0 Å². The Balaban J connectivity index is 2.24. The van der Waals surface area contributed by atoms with E-state index in [1.807, 2.05) is 18.2 Å². The number of aromatic nitrogens is 1. The number of nitrogens with zero attached hydrogens (tertiary/aromatic N) is 1. The molecule has 0 amide bonds. The van der Waals surface area contributed by atoms with E-state index < -0.39 is 0 Å². The highest BCUT2D eigenvalue weighted by Crippen LogP contribution is 1.99. The second-order valence-corrected chi connectivity index (χ2v) is 2.77. The molecule has 0 aliphatic carbocycles. The van der Waals surface area contributed by atoms with Crippen molar-refractivity contribution in [3.8, 4) is 0 Å². The number of aryl methyl sites for hydroxylation is 1. The molecule has 0 aliphatic rings. The third-order valence-corrected chi connectivity index (χ3v) is 1.67. The normalized spacial score (nSPS) is 9.79. The fraction of sp³-hybridized carbons (Fsp3) is 0.400. The number of aliphatic hydroxyl groups excluding tert-OH is 1. The average Bonchev–Trinajstić information content (AvgIpc) is 2.25. The third-order valence-electron chi connectivity index (χ3n) is 1.67. The number of aliphatic hydroxyl groups is 1. The van der Waals surface area contributed by atoms with Crippen molar-refractivity contribution in [3.63, 3.8) is 0 Å². The average molecular weight is 195 g/mol. The van der Waals surface area contributed by atoms with Gasteiger partial charge in [-0.3, -0.25) is 9.78 Å². The lowest BCUT2D eigenvalue weighted by Crippen LogP contribution is -2.09. The minimum absolute atomic E-state index is 0.0705. The van der Waals surface area contributed by atoms with Crippen LogP contribution in [0.2, 0.25) is 0 Å². The van der Waals surface area contributed by atoms with Gasteiger partial charge in [-0.1, -0.05) is 6.07 Å². The summed E-state index contributed by atoms with van der Waals surface area (Å²) in [7, 11) is 0. The number of ether oxygens (including phenoxy) is 1. The second-order valence-electron chi connectivity index (χ2n) is 2.77. The van der Waals surface area contributed by atoms with E-state index in [1.165, 1.54) is 0 Å². The van der Waals surface area contributed by atoms with Gasteiger partial charge in [-0.15, -0.1) is 0 Å². The van der Waals surface area contributed by atoms with E-state index in [1.54, 1.807) is 6.20 Å². The lowest BCUT2D eigenvalue weighted by Gasteiger charge is -2.01. The fourth-order valence-electron chi connectivity index (χ4n) is 1.01. The van der Waals surface area contributed by atoms with Gasteiger partial charge in [0.1, 0.15) is 6.61 Å².